The Balaban J connectivity index is 2.03. The van der Waals surface area contributed by atoms with Crippen molar-refractivity contribution in [2.24, 2.45) is 0 Å². The van der Waals surface area contributed by atoms with Gasteiger partial charge in [-0.3, -0.25) is 4.57 Å². The number of hydrogen-bond acceptors (Lipinski definition) is 3. The van der Waals surface area contributed by atoms with Gasteiger partial charge in [0, 0.05) is 21.1 Å². The summed E-state index contributed by atoms with van der Waals surface area (Å²) in [6, 6.07) is 10.4. The highest BCUT2D eigenvalue weighted by Gasteiger charge is 2.13. The van der Waals surface area contributed by atoms with Crippen molar-refractivity contribution in [1.29, 1.82) is 0 Å². The van der Waals surface area contributed by atoms with E-state index in [9.17, 15) is 0 Å². The third-order valence-corrected chi connectivity index (χ3v) is 4.92. The number of hydrogen-bond donors (Lipinski definition) is 0. The first kappa shape index (κ1) is 13.2. The fraction of sp³-hybridized carbons (Fsp3) is 0.0667. The molecule has 0 bridgehead atoms. The minimum atomic E-state index is 0.343. The van der Waals surface area contributed by atoms with E-state index in [1.807, 2.05) is 10.6 Å². The Hall–Kier alpha value is -1.43. The molecule has 1 aromatic carbocycles. The predicted molar refractivity (Wildman–Crippen MR) is 91.5 cm³/mol. The summed E-state index contributed by atoms with van der Waals surface area (Å²) in [5.41, 5.74) is 2.70. The average Bonchev–Trinajstić information content (AvgIpc) is 3.09. The Kier molecular flexibility index (Phi) is 3.21. The molecule has 0 aliphatic rings. The number of nitrogens with zero attached hydrogens (tertiary/aromatic N) is 3. The molecule has 0 unspecified atom stereocenters. The molecule has 3 aromatic heterocycles. The molecule has 0 atom stereocenters. The van der Waals surface area contributed by atoms with E-state index in [2.05, 4.69) is 55.5 Å². The van der Waals surface area contributed by atoms with Gasteiger partial charge in [-0.1, -0.05) is 0 Å². The molecule has 0 aliphatic carbocycles. The molecule has 0 aliphatic heterocycles. The van der Waals surface area contributed by atoms with Crippen LogP contribution in [0.3, 0.4) is 0 Å². The Labute approximate surface area is 138 Å². The second kappa shape index (κ2) is 5.09. The standard InChI is InChI=1S/C15H9BrClN3S/c16-10-6-12-15(18-8-10)20(14(7-17)19-12)11-1-2-13-9(5-11)3-4-21-13/h1-6,8H,7H2. The van der Waals surface area contributed by atoms with Crippen LogP contribution >= 0.6 is 38.9 Å². The molecular formula is C15H9BrClN3S. The lowest BCUT2D eigenvalue weighted by atomic mass is 10.2. The zero-order chi connectivity index (χ0) is 14.4. The number of aromatic nitrogens is 3. The normalized spacial score (nSPS) is 11.5. The monoisotopic (exact) mass is 377 g/mol. The average molecular weight is 379 g/mol. The fourth-order valence-electron chi connectivity index (χ4n) is 2.44. The zero-order valence-electron chi connectivity index (χ0n) is 10.8. The number of thiophene rings is 1. The van der Waals surface area contributed by atoms with Crippen molar-refractivity contribution in [3.05, 3.63) is 52.2 Å². The third kappa shape index (κ3) is 2.16. The predicted octanol–water partition coefficient (Wildman–Crippen LogP) is 5.14. The number of alkyl halides is 1. The lowest BCUT2D eigenvalue weighted by Gasteiger charge is -2.07. The summed E-state index contributed by atoms with van der Waals surface area (Å²) in [6.07, 6.45) is 1.78. The Morgan fingerprint density at radius 1 is 1.24 bits per heavy atom. The number of benzene rings is 1. The van der Waals surface area contributed by atoms with Crippen LogP contribution in [0.5, 0.6) is 0 Å². The lowest BCUT2D eigenvalue weighted by molar-refractivity contribution is 0.971. The molecule has 0 saturated carbocycles. The molecule has 104 valence electrons. The summed E-state index contributed by atoms with van der Waals surface area (Å²) in [5, 5.41) is 3.31. The van der Waals surface area contributed by atoms with Gasteiger partial charge in [0.05, 0.1) is 5.88 Å². The van der Waals surface area contributed by atoms with Gasteiger partial charge in [-0.2, -0.15) is 0 Å². The quantitative estimate of drug-likeness (QED) is 0.452. The van der Waals surface area contributed by atoms with Gasteiger partial charge in [-0.05, 0) is 57.0 Å². The maximum atomic E-state index is 6.07. The Bertz CT molecular complexity index is 960. The molecule has 6 heteroatoms. The van der Waals surface area contributed by atoms with Crippen molar-refractivity contribution in [3.63, 3.8) is 0 Å². The minimum Gasteiger partial charge on any atom is -0.280 e. The number of fused-ring (bicyclic) bond motifs is 2. The van der Waals surface area contributed by atoms with Crippen LogP contribution in [0, 0.1) is 0 Å². The number of pyridine rings is 1. The van der Waals surface area contributed by atoms with Crippen LogP contribution in [0.25, 0.3) is 26.9 Å². The summed E-state index contributed by atoms with van der Waals surface area (Å²) < 4.78 is 4.20. The molecule has 4 aromatic rings. The molecule has 3 nitrogen and oxygen atoms in total. The first-order chi connectivity index (χ1) is 10.3. The van der Waals surface area contributed by atoms with E-state index in [4.69, 9.17) is 11.6 Å². The Morgan fingerprint density at radius 2 is 2.14 bits per heavy atom. The summed E-state index contributed by atoms with van der Waals surface area (Å²) in [4.78, 5) is 9.07. The number of halogens is 2. The van der Waals surface area contributed by atoms with Gasteiger partial charge in [-0.15, -0.1) is 22.9 Å². The third-order valence-electron chi connectivity index (χ3n) is 3.35. The molecule has 0 amide bonds. The maximum absolute atomic E-state index is 6.07. The van der Waals surface area contributed by atoms with Gasteiger partial charge in [0.2, 0.25) is 0 Å². The van der Waals surface area contributed by atoms with E-state index in [0.29, 0.717) is 5.88 Å². The molecule has 4 rings (SSSR count). The van der Waals surface area contributed by atoms with Crippen LogP contribution < -0.4 is 0 Å². The number of imidazole rings is 1. The first-order valence-corrected chi connectivity index (χ1v) is 8.53. The molecule has 0 N–H and O–H groups in total. The van der Waals surface area contributed by atoms with E-state index < -0.39 is 0 Å². The second-order valence-corrected chi connectivity index (χ2v) is 6.77. The summed E-state index contributed by atoms with van der Waals surface area (Å²) in [5.74, 6) is 1.14. The fourth-order valence-corrected chi connectivity index (χ4v) is 3.71. The van der Waals surface area contributed by atoms with Gasteiger partial charge in [0.15, 0.2) is 5.65 Å². The maximum Gasteiger partial charge on any atom is 0.164 e. The molecule has 0 fully saturated rings. The molecule has 0 spiro atoms. The first-order valence-electron chi connectivity index (χ1n) is 6.33. The topological polar surface area (TPSA) is 30.7 Å². The lowest BCUT2D eigenvalue weighted by Crippen LogP contribution is -2.00. The van der Waals surface area contributed by atoms with Gasteiger partial charge in [-0.25, -0.2) is 9.97 Å². The largest absolute Gasteiger partial charge is 0.280 e. The van der Waals surface area contributed by atoms with Gasteiger partial charge >= 0.3 is 0 Å². The zero-order valence-corrected chi connectivity index (χ0v) is 13.9. The highest BCUT2D eigenvalue weighted by Crippen LogP contribution is 2.27. The van der Waals surface area contributed by atoms with Crippen molar-refractivity contribution in [2.75, 3.05) is 0 Å². The van der Waals surface area contributed by atoms with Crippen LogP contribution in [0.4, 0.5) is 0 Å². The van der Waals surface area contributed by atoms with E-state index in [-0.39, 0.29) is 0 Å². The van der Waals surface area contributed by atoms with Gasteiger partial charge in [0.1, 0.15) is 11.3 Å². The van der Waals surface area contributed by atoms with Crippen LogP contribution in [0.15, 0.2) is 46.4 Å². The van der Waals surface area contributed by atoms with Crippen molar-refractivity contribution < 1.29 is 0 Å². The smallest absolute Gasteiger partial charge is 0.164 e. The van der Waals surface area contributed by atoms with Crippen LogP contribution in [-0.2, 0) is 5.88 Å². The van der Waals surface area contributed by atoms with Gasteiger partial charge in [0.25, 0.3) is 0 Å². The molecule has 0 saturated heterocycles. The highest BCUT2D eigenvalue weighted by atomic mass is 79.9. The van der Waals surface area contributed by atoms with Crippen molar-refractivity contribution in [3.8, 4) is 5.69 Å². The second-order valence-electron chi connectivity index (χ2n) is 4.64. The van der Waals surface area contributed by atoms with Gasteiger partial charge < -0.3 is 0 Å². The van der Waals surface area contributed by atoms with Crippen molar-refractivity contribution in [1.82, 2.24) is 14.5 Å². The van der Waals surface area contributed by atoms with Crippen LogP contribution in [0.2, 0.25) is 0 Å². The number of rotatable bonds is 2. The molecular weight excluding hydrogens is 370 g/mol. The van der Waals surface area contributed by atoms with E-state index >= 15 is 0 Å². The van der Waals surface area contributed by atoms with Crippen LogP contribution in [0.1, 0.15) is 5.82 Å². The van der Waals surface area contributed by atoms with Crippen LogP contribution in [-0.4, -0.2) is 14.5 Å². The summed E-state index contributed by atoms with van der Waals surface area (Å²) in [6.45, 7) is 0. The van der Waals surface area contributed by atoms with E-state index in [0.717, 1.165) is 27.1 Å². The van der Waals surface area contributed by atoms with E-state index in [1.54, 1.807) is 17.5 Å². The Morgan fingerprint density at radius 3 is 3.00 bits per heavy atom. The minimum absolute atomic E-state index is 0.343. The molecule has 3 heterocycles. The van der Waals surface area contributed by atoms with Crippen molar-refractivity contribution in [2.45, 2.75) is 5.88 Å². The molecule has 21 heavy (non-hydrogen) atoms. The van der Waals surface area contributed by atoms with E-state index in [1.165, 1.54) is 10.1 Å². The summed E-state index contributed by atoms with van der Waals surface area (Å²) >= 11 is 11.2. The molecule has 0 radical (unpaired) electrons. The SMILES string of the molecule is ClCc1nc2cc(Br)cnc2n1-c1ccc2sccc2c1. The van der Waals surface area contributed by atoms with Crippen molar-refractivity contribution >= 4 is 60.1 Å². The highest BCUT2D eigenvalue weighted by molar-refractivity contribution is 9.10. The summed E-state index contributed by atoms with van der Waals surface area (Å²) in [7, 11) is 0.